The third-order valence-electron chi connectivity index (χ3n) is 3.22. The Hall–Kier alpha value is -1.81. The van der Waals surface area contributed by atoms with E-state index in [0.29, 0.717) is 6.61 Å². The average molecular weight is 259 g/mol. The van der Waals surface area contributed by atoms with Crippen LogP contribution in [0.15, 0.2) is 37.1 Å². The van der Waals surface area contributed by atoms with Gasteiger partial charge in [0.1, 0.15) is 5.82 Å². The first-order chi connectivity index (χ1) is 9.24. The Balaban J connectivity index is 1.99. The van der Waals surface area contributed by atoms with E-state index < -0.39 is 0 Å². The Morgan fingerprint density at radius 3 is 3.00 bits per heavy atom. The molecule has 0 aliphatic heterocycles. The number of fused-ring (bicyclic) bond motifs is 1. The molecule has 0 amide bonds. The minimum Gasteiger partial charge on any atom is -0.502 e. The largest absolute Gasteiger partial charge is 0.502 e. The van der Waals surface area contributed by atoms with E-state index in [1.54, 1.807) is 0 Å². The number of aromatic nitrogens is 2. The van der Waals surface area contributed by atoms with Gasteiger partial charge in [0.25, 0.3) is 0 Å². The van der Waals surface area contributed by atoms with Crippen LogP contribution in [0.4, 0.5) is 0 Å². The van der Waals surface area contributed by atoms with Gasteiger partial charge in [-0.15, -0.1) is 0 Å². The van der Waals surface area contributed by atoms with Crippen molar-refractivity contribution in [3.05, 3.63) is 42.9 Å². The summed E-state index contributed by atoms with van der Waals surface area (Å²) in [6.07, 6.45) is 2.44. The summed E-state index contributed by atoms with van der Waals surface area (Å²) in [5.74, 6) is 1.06. The monoisotopic (exact) mass is 259 g/mol. The second-order valence-corrected chi connectivity index (χ2v) is 4.58. The van der Waals surface area contributed by atoms with Gasteiger partial charge in [0.05, 0.1) is 29.9 Å². The van der Waals surface area contributed by atoms with Crippen molar-refractivity contribution < 1.29 is 4.74 Å². The van der Waals surface area contributed by atoms with E-state index in [2.05, 4.69) is 41.5 Å². The highest BCUT2D eigenvalue weighted by Gasteiger charge is 2.13. The molecule has 2 rings (SSSR count). The number of imidazole rings is 1. The zero-order valence-electron chi connectivity index (χ0n) is 11.6. The number of rotatable bonds is 7. The van der Waals surface area contributed by atoms with Crippen molar-refractivity contribution >= 4 is 11.0 Å². The number of hydrogen-bond acceptors (Lipinski definition) is 3. The Morgan fingerprint density at radius 2 is 2.26 bits per heavy atom. The summed E-state index contributed by atoms with van der Waals surface area (Å²) >= 11 is 0. The Bertz CT molecular complexity index is 547. The van der Waals surface area contributed by atoms with Crippen molar-refractivity contribution in [2.45, 2.75) is 19.4 Å². The number of para-hydroxylation sites is 2. The minimum atomic E-state index is 0.223. The van der Waals surface area contributed by atoms with E-state index in [-0.39, 0.29) is 6.04 Å². The zero-order valence-corrected chi connectivity index (χ0v) is 11.6. The van der Waals surface area contributed by atoms with Crippen molar-refractivity contribution in [2.24, 2.45) is 7.05 Å². The molecule has 19 heavy (non-hydrogen) atoms. The van der Waals surface area contributed by atoms with Crippen molar-refractivity contribution in [1.82, 2.24) is 14.9 Å². The molecule has 0 bridgehead atoms. The van der Waals surface area contributed by atoms with Gasteiger partial charge in [0, 0.05) is 7.05 Å². The molecule has 2 aromatic rings. The second-order valence-electron chi connectivity index (χ2n) is 4.58. The molecule has 0 spiro atoms. The third kappa shape index (κ3) is 3.15. The highest BCUT2D eigenvalue weighted by atomic mass is 16.5. The van der Waals surface area contributed by atoms with Gasteiger partial charge in [-0.3, -0.25) is 0 Å². The molecule has 1 N–H and O–H groups in total. The van der Waals surface area contributed by atoms with E-state index in [4.69, 9.17) is 4.74 Å². The second kappa shape index (κ2) is 6.38. The standard InChI is InChI=1S/C15H21N3O/c1-4-19-11-7-10-16-12(2)15-17-13-8-5-6-9-14(13)18(15)3/h4-6,8-9,12,16H,1,7,10-11H2,2-3H3. The lowest BCUT2D eigenvalue weighted by molar-refractivity contribution is 0.243. The predicted octanol–water partition coefficient (Wildman–Crippen LogP) is 2.77. The van der Waals surface area contributed by atoms with E-state index in [1.807, 2.05) is 18.2 Å². The molecular formula is C15H21N3O. The fourth-order valence-corrected chi connectivity index (χ4v) is 2.20. The molecule has 1 aromatic heterocycles. The minimum absolute atomic E-state index is 0.223. The van der Waals surface area contributed by atoms with E-state index in [1.165, 1.54) is 11.8 Å². The van der Waals surface area contributed by atoms with Crippen LogP contribution in [-0.2, 0) is 11.8 Å². The lowest BCUT2D eigenvalue weighted by atomic mass is 10.3. The van der Waals surface area contributed by atoms with Crippen LogP contribution in [0.1, 0.15) is 25.2 Å². The summed E-state index contributed by atoms with van der Waals surface area (Å²) < 4.78 is 7.24. The van der Waals surface area contributed by atoms with Crippen LogP contribution in [0.25, 0.3) is 11.0 Å². The molecule has 102 valence electrons. The Morgan fingerprint density at radius 1 is 1.47 bits per heavy atom. The molecule has 0 fully saturated rings. The molecule has 0 radical (unpaired) electrons. The molecule has 1 atom stereocenters. The first-order valence-electron chi connectivity index (χ1n) is 6.61. The van der Waals surface area contributed by atoms with Gasteiger partial charge in [-0.2, -0.15) is 0 Å². The predicted molar refractivity (Wildman–Crippen MR) is 77.9 cm³/mol. The molecule has 4 heteroatoms. The maximum atomic E-state index is 5.10. The van der Waals surface area contributed by atoms with Gasteiger partial charge in [-0.1, -0.05) is 18.7 Å². The quantitative estimate of drug-likeness (QED) is 0.614. The normalized spacial score (nSPS) is 12.5. The summed E-state index contributed by atoms with van der Waals surface area (Å²) in [5, 5.41) is 3.46. The highest BCUT2D eigenvalue weighted by Crippen LogP contribution is 2.18. The lowest BCUT2D eigenvalue weighted by Gasteiger charge is -2.13. The molecule has 0 saturated heterocycles. The van der Waals surface area contributed by atoms with Crippen LogP contribution in [0.2, 0.25) is 0 Å². The van der Waals surface area contributed by atoms with E-state index >= 15 is 0 Å². The Kier molecular flexibility index (Phi) is 4.58. The molecule has 1 aromatic carbocycles. The maximum Gasteiger partial charge on any atom is 0.126 e. The molecule has 1 unspecified atom stereocenters. The molecule has 1 heterocycles. The molecule has 0 aliphatic carbocycles. The highest BCUT2D eigenvalue weighted by molar-refractivity contribution is 5.75. The number of ether oxygens (including phenoxy) is 1. The first-order valence-corrected chi connectivity index (χ1v) is 6.61. The van der Waals surface area contributed by atoms with Crippen LogP contribution in [0.5, 0.6) is 0 Å². The first kappa shape index (κ1) is 13.6. The average Bonchev–Trinajstić information content (AvgIpc) is 2.76. The number of benzene rings is 1. The van der Waals surface area contributed by atoms with Crippen LogP contribution in [0.3, 0.4) is 0 Å². The van der Waals surface area contributed by atoms with Gasteiger partial charge in [-0.05, 0) is 32.0 Å². The van der Waals surface area contributed by atoms with Gasteiger partial charge in [0.2, 0.25) is 0 Å². The smallest absolute Gasteiger partial charge is 0.126 e. The fourth-order valence-electron chi connectivity index (χ4n) is 2.20. The number of nitrogens with zero attached hydrogens (tertiary/aromatic N) is 2. The van der Waals surface area contributed by atoms with Crippen LogP contribution in [-0.4, -0.2) is 22.7 Å². The van der Waals surface area contributed by atoms with Crippen LogP contribution < -0.4 is 5.32 Å². The summed E-state index contributed by atoms with van der Waals surface area (Å²) in [6, 6.07) is 8.42. The van der Waals surface area contributed by atoms with Gasteiger partial charge < -0.3 is 14.6 Å². The summed E-state index contributed by atoms with van der Waals surface area (Å²) in [4.78, 5) is 4.68. The molecule has 0 saturated carbocycles. The molecular weight excluding hydrogens is 238 g/mol. The SMILES string of the molecule is C=COCCCNC(C)c1nc2ccccc2n1C. The Labute approximate surface area is 114 Å². The third-order valence-corrected chi connectivity index (χ3v) is 3.22. The van der Waals surface area contributed by atoms with Crippen molar-refractivity contribution in [3.63, 3.8) is 0 Å². The van der Waals surface area contributed by atoms with Crippen molar-refractivity contribution in [2.75, 3.05) is 13.2 Å². The maximum absolute atomic E-state index is 5.10. The summed E-state index contributed by atoms with van der Waals surface area (Å²) in [7, 11) is 2.06. The fraction of sp³-hybridized carbons (Fsp3) is 0.400. The zero-order chi connectivity index (χ0) is 13.7. The summed E-state index contributed by atoms with van der Waals surface area (Å²) in [6.45, 7) is 7.26. The van der Waals surface area contributed by atoms with Gasteiger partial charge in [-0.25, -0.2) is 4.98 Å². The number of aryl methyl sites for hydroxylation is 1. The molecule has 0 aliphatic rings. The number of nitrogens with one attached hydrogen (secondary N) is 1. The van der Waals surface area contributed by atoms with Gasteiger partial charge >= 0.3 is 0 Å². The topological polar surface area (TPSA) is 39.1 Å². The van der Waals surface area contributed by atoms with Crippen molar-refractivity contribution in [1.29, 1.82) is 0 Å². The lowest BCUT2D eigenvalue weighted by Crippen LogP contribution is -2.23. The van der Waals surface area contributed by atoms with E-state index in [0.717, 1.165) is 24.3 Å². The van der Waals surface area contributed by atoms with E-state index in [9.17, 15) is 0 Å². The van der Waals surface area contributed by atoms with Crippen molar-refractivity contribution in [3.8, 4) is 0 Å². The van der Waals surface area contributed by atoms with Crippen LogP contribution >= 0.6 is 0 Å². The van der Waals surface area contributed by atoms with Gasteiger partial charge in [0.15, 0.2) is 0 Å². The number of hydrogen-bond donors (Lipinski definition) is 1. The summed E-state index contributed by atoms with van der Waals surface area (Å²) in [5.41, 5.74) is 2.21. The molecule has 4 nitrogen and oxygen atoms in total. The van der Waals surface area contributed by atoms with Crippen LogP contribution in [0, 0.1) is 0 Å².